The Balaban J connectivity index is 3.89. The van der Waals surface area contributed by atoms with E-state index in [9.17, 15) is 0 Å². The first-order chi connectivity index (χ1) is 4.22. The molecule has 0 aromatic heterocycles. The standard InChI is InChI=1S/C9H14/c1-5-7-9(4)8(3)6-2/h1,7-8H,6H2,2-4H3/b9-7-. The Morgan fingerprint density at radius 3 is 2.67 bits per heavy atom. The average Bonchev–Trinajstić information content (AvgIpc) is 1.87. The fraction of sp³-hybridized carbons (Fsp3) is 0.556. The minimum atomic E-state index is 0.640. The smallest absolute Gasteiger partial charge is 0.0130 e. The normalized spacial score (nSPS) is 14.7. The Bertz CT molecular complexity index is 135. The van der Waals surface area contributed by atoms with E-state index < -0.39 is 0 Å². The van der Waals surface area contributed by atoms with Crippen LogP contribution in [-0.4, -0.2) is 0 Å². The highest BCUT2D eigenvalue weighted by Crippen LogP contribution is 2.11. The zero-order valence-corrected chi connectivity index (χ0v) is 6.44. The number of rotatable bonds is 2. The molecule has 9 heavy (non-hydrogen) atoms. The van der Waals surface area contributed by atoms with Crippen molar-refractivity contribution >= 4 is 0 Å². The Morgan fingerprint density at radius 1 is 1.78 bits per heavy atom. The van der Waals surface area contributed by atoms with Crippen molar-refractivity contribution in [1.82, 2.24) is 0 Å². The second kappa shape index (κ2) is 4.21. The summed E-state index contributed by atoms with van der Waals surface area (Å²) >= 11 is 0. The molecule has 0 aliphatic heterocycles. The Hall–Kier alpha value is -0.700. The van der Waals surface area contributed by atoms with Gasteiger partial charge in [0.2, 0.25) is 0 Å². The summed E-state index contributed by atoms with van der Waals surface area (Å²) in [5.41, 5.74) is 1.31. The van der Waals surface area contributed by atoms with Crippen LogP contribution < -0.4 is 0 Å². The SMILES string of the molecule is C#C/C=C(/C)C(C)CC. The molecule has 0 heteroatoms. The molecule has 50 valence electrons. The molecule has 0 nitrogen and oxygen atoms in total. The van der Waals surface area contributed by atoms with Crippen LogP contribution in [0.5, 0.6) is 0 Å². The maximum absolute atomic E-state index is 5.10. The molecule has 0 bridgehead atoms. The molecular formula is C9H14. The second-order valence-electron chi connectivity index (χ2n) is 2.36. The highest BCUT2D eigenvalue weighted by Gasteiger charge is 1.97. The topological polar surface area (TPSA) is 0 Å². The largest absolute Gasteiger partial charge is 0.115 e. The molecule has 0 aromatic carbocycles. The molecule has 0 rings (SSSR count). The van der Waals surface area contributed by atoms with Gasteiger partial charge in [0.15, 0.2) is 0 Å². The summed E-state index contributed by atoms with van der Waals surface area (Å²) in [7, 11) is 0. The van der Waals surface area contributed by atoms with E-state index in [1.807, 2.05) is 6.08 Å². The van der Waals surface area contributed by atoms with Gasteiger partial charge in [0.1, 0.15) is 0 Å². The number of hydrogen-bond donors (Lipinski definition) is 0. The molecule has 0 spiro atoms. The minimum Gasteiger partial charge on any atom is -0.115 e. The maximum Gasteiger partial charge on any atom is -0.0130 e. The van der Waals surface area contributed by atoms with Gasteiger partial charge >= 0.3 is 0 Å². The van der Waals surface area contributed by atoms with Crippen molar-refractivity contribution in [3.8, 4) is 12.3 Å². The number of allylic oxidation sites excluding steroid dienone is 2. The van der Waals surface area contributed by atoms with Crippen LogP contribution in [0.15, 0.2) is 11.6 Å². The quantitative estimate of drug-likeness (QED) is 0.494. The van der Waals surface area contributed by atoms with Crippen molar-refractivity contribution in [2.75, 3.05) is 0 Å². The van der Waals surface area contributed by atoms with Gasteiger partial charge < -0.3 is 0 Å². The molecule has 0 radical (unpaired) electrons. The summed E-state index contributed by atoms with van der Waals surface area (Å²) < 4.78 is 0. The van der Waals surface area contributed by atoms with Crippen LogP contribution in [-0.2, 0) is 0 Å². The summed E-state index contributed by atoms with van der Waals surface area (Å²) in [6.45, 7) is 6.43. The van der Waals surface area contributed by atoms with Gasteiger partial charge in [-0.05, 0) is 25.3 Å². The maximum atomic E-state index is 5.10. The van der Waals surface area contributed by atoms with E-state index in [1.54, 1.807) is 0 Å². The predicted octanol–water partition coefficient (Wildman–Crippen LogP) is 2.61. The first kappa shape index (κ1) is 8.30. The van der Waals surface area contributed by atoms with Gasteiger partial charge in [-0.25, -0.2) is 0 Å². The van der Waals surface area contributed by atoms with Crippen molar-refractivity contribution in [1.29, 1.82) is 0 Å². The summed E-state index contributed by atoms with van der Waals surface area (Å²) in [4.78, 5) is 0. The van der Waals surface area contributed by atoms with E-state index >= 15 is 0 Å². The third-order valence-electron chi connectivity index (χ3n) is 1.70. The Labute approximate surface area is 58.0 Å². The fourth-order valence-corrected chi connectivity index (χ4v) is 0.596. The van der Waals surface area contributed by atoms with Gasteiger partial charge in [-0.15, -0.1) is 6.42 Å². The van der Waals surface area contributed by atoms with Crippen molar-refractivity contribution < 1.29 is 0 Å². The van der Waals surface area contributed by atoms with Gasteiger partial charge in [0.25, 0.3) is 0 Å². The zero-order valence-electron chi connectivity index (χ0n) is 6.44. The third-order valence-corrected chi connectivity index (χ3v) is 1.70. The lowest BCUT2D eigenvalue weighted by atomic mass is 10.0. The second-order valence-corrected chi connectivity index (χ2v) is 2.36. The van der Waals surface area contributed by atoms with E-state index in [0.717, 1.165) is 0 Å². The summed E-state index contributed by atoms with van der Waals surface area (Å²) in [5.74, 6) is 3.16. The molecule has 0 saturated carbocycles. The van der Waals surface area contributed by atoms with Crippen LogP contribution in [0.25, 0.3) is 0 Å². The predicted molar refractivity (Wildman–Crippen MR) is 42.0 cm³/mol. The monoisotopic (exact) mass is 122 g/mol. The van der Waals surface area contributed by atoms with Gasteiger partial charge in [-0.1, -0.05) is 25.3 Å². The van der Waals surface area contributed by atoms with Crippen molar-refractivity contribution in [3.63, 3.8) is 0 Å². The Morgan fingerprint density at radius 2 is 2.33 bits per heavy atom. The zero-order chi connectivity index (χ0) is 7.28. The van der Waals surface area contributed by atoms with E-state index in [-0.39, 0.29) is 0 Å². The van der Waals surface area contributed by atoms with Gasteiger partial charge in [0, 0.05) is 0 Å². The number of terminal acetylenes is 1. The van der Waals surface area contributed by atoms with E-state index in [0.29, 0.717) is 5.92 Å². The van der Waals surface area contributed by atoms with Crippen LogP contribution in [0.4, 0.5) is 0 Å². The van der Waals surface area contributed by atoms with Crippen LogP contribution in [0.2, 0.25) is 0 Å². The van der Waals surface area contributed by atoms with Crippen LogP contribution in [0.1, 0.15) is 27.2 Å². The van der Waals surface area contributed by atoms with Crippen LogP contribution >= 0.6 is 0 Å². The van der Waals surface area contributed by atoms with E-state index in [4.69, 9.17) is 6.42 Å². The molecule has 0 aliphatic carbocycles. The number of hydrogen-bond acceptors (Lipinski definition) is 0. The molecule has 1 unspecified atom stereocenters. The molecule has 0 aromatic rings. The summed E-state index contributed by atoms with van der Waals surface area (Å²) in [5, 5.41) is 0. The highest BCUT2D eigenvalue weighted by atomic mass is 14.0. The molecule has 0 N–H and O–H groups in total. The fourth-order valence-electron chi connectivity index (χ4n) is 0.596. The lowest BCUT2D eigenvalue weighted by Gasteiger charge is -2.05. The molecule has 1 atom stereocenters. The van der Waals surface area contributed by atoms with Crippen molar-refractivity contribution in [2.24, 2.45) is 5.92 Å². The molecule has 0 heterocycles. The summed E-state index contributed by atoms with van der Waals surface area (Å²) in [6, 6.07) is 0. The van der Waals surface area contributed by atoms with Crippen molar-refractivity contribution in [2.45, 2.75) is 27.2 Å². The molecule has 0 saturated heterocycles. The lowest BCUT2D eigenvalue weighted by molar-refractivity contribution is 0.656. The first-order valence-electron chi connectivity index (χ1n) is 3.35. The van der Waals surface area contributed by atoms with Gasteiger partial charge in [-0.2, -0.15) is 0 Å². The first-order valence-corrected chi connectivity index (χ1v) is 3.35. The van der Waals surface area contributed by atoms with E-state index in [2.05, 4.69) is 26.7 Å². The highest BCUT2D eigenvalue weighted by molar-refractivity contribution is 5.17. The molecule has 0 aliphatic rings. The third kappa shape index (κ3) is 2.98. The molecule has 0 fully saturated rings. The van der Waals surface area contributed by atoms with Crippen LogP contribution in [0.3, 0.4) is 0 Å². The summed E-state index contributed by atoms with van der Waals surface area (Å²) in [6.07, 6.45) is 8.11. The van der Waals surface area contributed by atoms with Crippen LogP contribution in [0, 0.1) is 18.3 Å². The van der Waals surface area contributed by atoms with Gasteiger partial charge in [-0.3, -0.25) is 0 Å². The average molecular weight is 122 g/mol. The molecular weight excluding hydrogens is 108 g/mol. The van der Waals surface area contributed by atoms with Crippen molar-refractivity contribution in [3.05, 3.63) is 11.6 Å². The molecule has 0 amide bonds. The van der Waals surface area contributed by atoms with E-state index in [1.165, 1.54) is 12.0 Å². The Kier molecular flexibility index (Phi) is 3.88. The lowest BCUT2D eigenvalue weighted by Crippen LogP contribution is -1.92. The minimum absolute atomic E-state index is 0.640. The van der Waals surface area contributed by atoms with Gasteiger partial charge in [0.05, 0.1) is 0 Å².